The highest BCUT2D eigenvalue weighted by atomic mass is 32.2. The van der Waals surface area contributed by atoms with Crippen molar-refractivity contribution in [3.8, 4) is 5.75 Å². The molecule has 0 fully saturated rings. The molecule has 0 saturated heterocycles. The summed E-state index contributed by atoms with van der Waals surface area (Å²) in [5.74, 6) is 0.828. The number of Topliss-reactive ketones (excluding diaryl/α,β-unsaturated/α-hetero) is 1. The van der Waals surface area contributed by atoms with Gasteiger partial charge >= 0.3 is 0 Å². The summed E-state index contributed by atoms with van der Waals surface area (Å²) in [6, 6.07) is 15.5. The third-order valence-electron chi connectivity index (χ3n) is 2.54. The van der Waals surface area contributed by atoms with Crippen molar-refractivity contribution >= 4 is 17.5 Å². The van der Waals surface area contributed by atoms with Crippen molar-refractivity contribution < 1.29 is 9.53 Å². The van der Waals surface area contributed by atoms with Crippen LogP contribution in [0.2, 0.25) is 0 Å². The second-order valence-electron chi connectivity index (χ2n) is 3.83. The molecule has 0 aliphatic heterocycles. The minimum Gasteiger partial charge on any atom is -0.497 e. The average molecular weight is 258 g/mol. The zero-order valence-electron chi connectivity index (χ0n) is 10.3. The molecule has 18 heavy (non-hydrogen) atoms. The van der Waals surface area contributed by atoms with E-state index in [4.69, 9.17) is 4.74 Å². The summed E-state index contributed by atoms with van der Waals surface area (Å²) in [4.78, 5) is 13.6. The monoisotopic (exact) mass is 258 g/mol. The van der Waals surface area contributed by atoms with Crippen LogP contribution in [0.3, 0.4) is 0 Å². The first-order valence-corrected chi connectivity index (χ1v) is 6.44. The van der Waals surface area contributed by atoms with E-state index in [1.807, 2.05) is 48.5 Å². The number of rotatable bonds is 4. The van der Waals surface area contributed by atoms with Gasteiger partial charge in [0.25, 0.3) is 0 Å². The van der Waals surface area contributed by atoms with Gasteiger partial charge < -0.3 is 4.74 Å². The zero-order valence-corrected chi connectivity index (χ0v) is 11.2. The van der Waals surface area contributed by atoms with Gasteiger partial charge in [-0.3, -0.25) is 4.79 Å². The first kappa shape index (κ1) is 12.7. The first-order chi connectivity index (χ1) is 8.70. The molecule has 2 nitrogen and oxygen atoms in total. The molecule has 0 bridgehead atoms. The van der Waals surface area contributed by atoms with Gasteiger partial charge in [-0.15, -0.1) is 0 Å². The largest absolute Gasteiger partial charge is 0.497 e. The van der Waals surface area contributed by atoms with Gasteiger partial charge in [0.05, 0.1) is 7.11 Å². The lowest BCUT2D eigenvalue weighted by atomic mass is 10.1. The van der Waals surface area contributed by atoms with E-state index in [9.17, 15) is 4.79 Å². The van der Waals surface area contributed by atoms with Crippen LogP contribution in [0.5, 0.6) is 5.75 Å². The second-order valence-corrected chi connectivity index (χ2v) is 4.95. The van der Waals surface area contributed by atoms with Gasteiger partial charge in [0.1, 0.15) is 5.75 Å². The Morgan fingerprint density at radius 2 is 1.83 bits per heavy atom. The quantitative estimate of drug-likeness (QED) is 0.774. The lowest BCUT2D eigenvalue weighted by molar-refractivity contribution is 0.101. The number of methoxy groups -OCH3 is 1. The van der Waals surface area contributed by atoms with Gasteiger partial charge in [0.2, 0.25) is 0 Å². The molecule has 0 spiro atoms. The summed E-state index contributed by atoms with van der Waals surface area (Å²) in [5, 5.41) is 0. The molecule has 0 aliphatic carbocycles. The Hall–Kier alpha value is -1.74. The van der Waals surface area contributed by atoms with Crippen LogP contribution in [0.15, 0.2) is 58.3 Å². The van der Waals surface area contributed by atoms with Crippen molar-refractivity contribution in [2.45, 2.75) is 16.7 Å². The summed E-state index contributed by atoms with van der Waals surface area (Å²) in [7, 11) is 1.62. The highest BCUT2D eigenvalue weighted by Crippen LogP contribution is 2.33. The van der Waals surface area contributed by atoms with Gasteiger partial charge in [-0.1, -0.05) is 30.0 Å². The Morgan fingerprint density at radius 1 is 1.11 bits per heavy atom. The molecule has 0 unspecified atom stereocenters. The van der Waals surface area contributed by atoms with E-state index in [1.54, 1.807) is 25.8 Å². The number of hydrogen-bond acceptors (Lipinski definition) is 3. The number of ketones is 1. The van der Waals surface area contributed by atoms with Crippen LogP contribution in [0.25, 0.3) is 0 Å². The van der Waals surface area contributed by atoms with Gasteiger partial charge in [-0.2, -0.15) is 0 Å². The van der Waals surface area contributed by atoms with E-state index in [-0.39, 0.29) is 5.78 Å². The number of carbonyl (C=O) groups is 1. The van der Waals surface area contributed by atoms with Gasteiger partial charge in [0, 0.05) is 15.4 Å². The highest BCUT2D eigenvalue weighted by Gasteiger charge is 2.10. The van der Waals surface area contributed by atoms with Crippen molar-refractivity contribution in [1.29, 1.82) is 0 Å². The Labute approximate surface area is 111 Å². The molecule has 0 saturated carbocycles. The lowest BCUT2D eigenvalue weighted by Crippen LogP contribution is -1.96. The number of carbonyl (C=O) groups excluding carboxylic acids is 1. The maximum absolute atomic E-state index is 11.6. The van der Waals surface area contributed by atoms with Gasteiger partial charge in [0.15, 0.2) is 5.78 Å². The smallest absolute Gasteiger partial charge is 0.160 e. The van der Waals surface area contributed by atoms with Crippen molar-refractivity contribution in [2.24, 2.45) is 0 Å². The fourth-order valence-corrected chi connectivity index (χ4v) is 2.66. The van der Waals surface area contributed by atoms with Crippen molar-refractivity contribution in [3.05, 3.63) is 54.1 Å². The topological polar surface area (TPSA) is 26.3 Å². The molecule has 92 valence electrons. The summed E-state index contributed by atoms with van der Waals surface area (Å²) >= 11 is 1.57. The Balaban J connectivity index is 2.38. The van der Waals surface area contributed by atoms with Gasteiger partial charge in [-0.25, -0.2) is 0 Å². The molecule has 2 aromatic rings. The molecule has 0 atom stereocenters. The van der Waals surface area contributed by atoms with E-state index in [0.29, 0.717) is 0 Å². The molecule has 0 amide bonds. The van der Waals surface area contributed by atoms with E-state index in [0.717, 1.165) is 21.1 Å². The normalized spacial score (nSPS) is 10.1. The fraction of sp³-hybridized carbons (Fsp3) is 0.133. The number of benzene rings is 2. The van der Waals surface area contributed by atoms with Crippen LogP contribution in [0, 0.1) is 0 Å². The number of ether oxygens (including phenoxy) is 1. The molecule has 0 N–H and O–H groups in total. The molecule has 2 aromatic carbocycles. The van der Waals surface area contributed by atoms with Crippen molar-refractivity contribution in [2.75, 3.05) is 7.11 Å². The van der Waals surface area contributed by atoms with E-state index >= 15 is 0 Å². The van der Waals surface area contributed by atoms with Gasteiger partial charge in [-0.05, 0) is 37.3 Å². The van der Waals surface area contributed by atoms with E-state index in [1.165, 1.54) is 0 Å². The fourth-order valence-electron chi connectivity index (χ4n) is 1.62. The Kier molecular flexibility index (Phi) is 4.05. The van der Waals surface area contributed by atoms with Crippen molar-refractivity contribution in [3.63, 3.8) is 0 Å². The van der Waals surface area contributed by atoms with Crippen LogP contribution in [0.4, 0.5) is 0 Å². The summed E-state index contributed by atoms with van der Waals surface area (Å²) < 4.78 is 5.20. The molecular weight excluding hydrogens is 244 g/mol. The van der Waals surface area contributed by atoms with E-state index < -0.39 is 0 Å². The SMILES string of the molecule is COc1ccc(C(C)=O)c(Sc2ccccc2)c1. The molecular formula is C15H14O2S. The minimum absolute atomic E-state index is 0.0658. The third-order valence-corrected chi connectivity index (χ3v) is 3.60. The first-order valence-electron chi connectivity index (χ1n) is 5.62. The highest BCUT2D eigenvalue weighted by molar-refractivity contribution is 7.99. The molecule has 0 aromatic heterocycles. The Bertz CT molecular complexity index is 550. The van der Waals surface area contributed by atoms with Crippen molar-refractivity contribution in [1.82, 2.24) is 0 Å². The van der Waals surface area contributed by atoms with Crippen LogP contribution >= 0.6 is 11.8 Å². The molecule has 0 heterocycles. The summed E-state index contributed by atoms with van der Waals surface area (Å²) in [5.41, 5.74) is 0.727. The summed E-state index contributed by atoms with van der Waals surface area (Å²) in [6.07, 6.45) is 0. The molecule has 3 heteroatoms. The number of hydrogen-bond donors (Lipinski definition) is 0. The maximum Gasteiger partial charge on any atom is 0.160 e. The van der Waals surface area contributed by atoms with Crippen LogP contribution in [-0.4, -0.2) is 12.9 Å². The maximum atomic E-state index is 11.6. The molecule has 0 radical (unpaired) electrons. The third kappa shape index (κ3) is 2.93. The lowest BCUT2D eigenvalue weighted by Gasteiger charge is -2.09. The predicted octanol–water partition coefficient (Wildman–Crippen LogP) is 4.05. The predicted molar refractivity (Wildman–Crippen MR) is 73.6 cm³/mol. The second kappa shape index (κ2) is 5.74. The molecule has 2 rings (SSSR count). The standard InChI is InChI=1S/C15H14O2S/c1-11(16)14-9-8-12(17-2)10-15(14)18-13-6-4-3-5-7-13/h3-10H,1-2H3. The molecule has 0 aliphatic rings. The zero-order chi connectivity index (χ0) is 13.0. The van der Waals surface area contributed by atoms with Crippen LogP contribution < -0.4 is 4.74 Å². The Morgan fingerprint density at radius 3 is 2.44 bits per heavy atom. The minimum atomic E-state index is 0.0658. The van der Waals surface area contributed by atoms with Crippen LogP contribution in [-0.2, 0) is 0 Å². The average Bonchev–Trinajstić information content (AvgIpc) is 2.39. The van der Waals surface area contributed by atoms with E-state index in [2.05, 4.69) is 0 Å². The van der Waals surface area contributed by atoms with Crippen LogP contribution in [0.1, 0.15) is 17.3 Å². The summed E-state index contributed by atoms with van der Waals surface area (Å²) in [6.45, 7) is 1.58.